The molecule has 0 amide bonds. The molecule has 1 aromatic heterocycles. The summed E-state index contributed by atoms with van der Waals surface area (Å²) in [5.74, 6) is -1.48. The third kappa shape index (κ3) is 6.37. The molecule has 0 aliphatic rings. The van der Waals surface area contributed by atoms with E-state index in [0.29, 0.717) is 0 Å². The molecule has 12 heteroatoms. The van der Waals surface area contributed by atoms with Crippen molar-refractivity contribution in [3.63, 3.8) is 0 Å². The topological polar surface area (TPSA) is 86.6 Å². The first kappa shape index (κ1) is 28.3. The quantitative estimate of drug-likeness (QED) is 0.254. The molecule has 0 fully saturated rings. The first-order chi connectivity index (χ1) is 17.1. The first-order valence-electron chi connectivity index (χ1n) is 11.0. The summed E-state index contributed by atoms with van der Waals surface area (Å²) in [6, 6.07) is 6.49. The number of anilines is 1. The van der Waals surface area contributed by atoms with Crippen LogP contribution in [0, 0.1) is 0 Å². The SMILES string of the molecule is CCOC(=O)c1c(NCC(=O)c2ccc(C(F)(F)F)cc2)c2c(Cl)cc(Cl)cc2n1C(=O)OC(C)(C)C. The lowest BCUT2D eigenvalue weighted by molar-refractivity contribution is -0.137. The highest BCUT2D eigenvalue weighted by Crippen LogP contribution is 2.39. The van der Waals surface area contributed by atoms with Gasteiger partial charge in [-0.3, -0.25) is 4.79 Å². The maximum absolute atomic E-state index is 13.2. The minimum Gasteiger partial charge on any atom is -0.461 e. The molecule has 7 nitrogen and oxygen atoms in total. The molecule has 37 heavy (non-hydrogen) atoms. The molecule has 0 radical (unpaired) electrons. The van der Waals surface area contributed by atoms with Gasteiger partial charge in [0.2, 0.25) is 0 Å². The number of alkyl halides is 3. The fourth-order valence-corrected chi connectivity index (χ4v) is 4.09. The maximum Gasteiger partial charge on any atom is 0.419 e. The number of fused-ring (bicyclic) bond motifs is 1. The molecule has 1 N–H and O–H groups in total. The van der Waals surface area contributed by atoms with E-state index >= 15 is 0 Å². The van der Waals surface area contributed by atoms with Gasteiger partial charge in [0.25, 0.3) is 0 Å². The number of carbonyl (C=O) groups excluding carboxylic acids is 3. The van der Waals surface area contributed by atoms with Gasteiger partial charge in [0.1, 0.15) is 5.60 Å². The minimum absolute atomic E-state index is 0.00115. The number of Topliss-reactive ketones (excluding diaryl/α,β-unsaturated/α-hetero) is 1. The molecule has 0 aliphatic heterocycles. The zero-order valence-corrected chi connectivity index (χ0v) is 21.8. The second-order valence-electron chi connectivity index (χ2n) is 8.89. The zero-order valence-electron chi connectivity index (χ0n) is 20.3. The summed E-state index contributed by atoms with van der Waals surface area (Å²) >= 11 is 12.6. The van der Waals surface area contributed by atoms with E-state index in [2.05, 4.69) is 5.32 Å². The normalized spacial score (nSPS) is 11.9. The van der Waals surface area contributed by atoms with E-state index in [1.54, 1.807) is 27.7 Å². The summed E-state index contributed by atoms with van der Waals surface area (Å²) in [4.78, 5) is 39.0. The van der Waals surface area contributed by atoms with Crippen LogP contribution in [-0.4, -0.2) is 41.2 Å². The van der Waals surface area contributed by atoms with Crippen molar-refractivity contribution in [3.8, 4) is 0 Å². The van der Waals surface area contributed by atoms with Crippen LogP contribution in [0.1, 0.15) is 54.1 Å². The molecule has 0 bridgehead atoms. The molecule has 0 spiro atoms. The smallest absolute Gasteiger partial charge is 0.419 e. The average molecular weight is 559 g/mol. The lowest BCUT2D eigenvalue weighted by Gasteiger charge is -2.20. The Morgan fingerprint density at radius 1 is 1.03 bits per heavy atom. The summed E-state index contributed by atoms with van der Waals surface area (Å²) in [5, 5.41) is 3.24. The molecule has 0 saturated carbocycles. The number of hydrogen-bond acceptors (Lipinski definition) is 6. The van der Waals surface area contributed by atoms with Crippen molar-refractivity contribution in [1.29, 1.82) is 0 Å². The highest BCUT2D eigenvalue weighted by atomic mass is 35.5. The van der Waals surface area contributed by atoms with E-state index in [0.717, 1.165) is 28.8 Å². The van der Waals surface area contributed by atoms with Crippen LogP contribution < -0.4 is 5.32 Å². The Morgan fingerprint density at radius 2 is 1.65 bits per heavy atom. The van der Waals surface area contributed by atoms with E-state index in [4.69, 9.17) is 32.7 Å². The van der Waals surface area contributed by atoms with Crippen LogP contribution in [0.15, 0.2) is 36.4 Å². The second kappa shape index (κ2) is 10.6. The predicted molar refractivity (Wildman–Crippen MR) is 134 cm³/mol. The Balaban J connectivity index is 2.11. The van der Waals surface area contributed by atoms with Crippen molar-refractivity contribution in [3.05, 3.63) is 63.3 Å². The van der Waals surface area contributed by atoms with Gasteiger partial charge in [0.05, 0.1) is 34.9 Å². The monoisotopic (exact) mass is 558 g/mol. The van der Waals surface area contributed by atoms with Gasteiger partial charge in [0.15, 0.2) is 11.5 Å². The molecule has 3 rings (SSSR count). The number of ketones is 1. The lowest BCUT2D eigenvalue weighted by Crippen LogP contribution is -2.29. The van der Waals surface area contributed by atoms with Crippen LogP contribution in [0.3, 0.4) is 0 Å². The molecule has 0 atom stereocenters. The van der Waals surface area contributed by atoms with Gasteiger partial charge in [-0.25, -0.2) is 14.2 Å². The molecule has 0 aliphatic carbocycles. The summed E-state index contributed by atoms with van der Waals surface area (Å²) in [5.41, 5.74) is -1.97. The van der Waals surface area contributed by atoms with Crippen LogP contribution >= 0.6 is 23.2 Å². The van der Waals surface area contributed by atoms with Gasteiger partial charge in [-0.05, 0) is 52.0 Å². The van der Waals surface area contributed by atoms with Crippen molar-refractivity contribution in [2.75, 3.05) is 18.5 Å². The Bertz CT molecular complexity index is 1360. The first-order valence-corrected chi connectivity index (χ1v) is 11.8. The Hall–Kier alpha value is -3.24. The molecule has 0 saturated heterocycles. The van der Waals surface area contributed by atoms with Gasteiger partial charge in [-0.2, -0.15) is 13.2 Å². The molecule has 3 aromatic rings. The van der Waals surface area contributed by atoms with Crippen molar-refractivity contribution >= 4 is 57.6 Å². The van der Waals surface area contributed by atoms with Gasteiger partial charge in [-0.15, -0.1) is 0 Å². The van der Waals surface area contributed by atoms with E-state index in [-0.39, 0.29) is 44.5 Å². The van der Waals surface area contributed by atoms with E-state index in [1.165, 1.54) is 12.1 Å². The third-order valence-corrected chi connectivity index (χ3v) is 5.51. The van der Waals surface area contributed by atoms with Crippen LogP contribution in [0.2, 0.25) is 10.0 Å². The van der Waals surface area contributed by atoms with Crippen molar-refractivity contribution in [1.82, 2.24) is 4.57 Å². The third-order valence-electron chi connectivity index (χ3n) is 4.99. The van der Waals surface area contributed by atoms with Gasteiger partial charge >= 0.3 is 18.2 Å². The second-order valence-corrected chi connectivity index (χ2v) is 9.74. The Labute approximate surface area is 220 Å². The summed E-state index contributed by atoms with van der Waals surface area (Å²) in [6.07, 6.45) is -5.46. The number of halogens is 5. The number of benzene rings is 2. The highest BCUT2D eigenvalue weighted by molar-refractivity contribution is 6.40. The predicted octanol–water partition coefficient (Wildman–Crippen LogP) is 7.22. The molecule has 1 heterocycles. The summed E-state index contributed by atoms with van der Waals surface area (Å²) < 4.78 is 50.1. The largest absolute Gasteiger partial charge is 0.461 e. The van der Waals surface area contributed by atoms with Gasteiger partial charge < -0.3 is 14.8 Å². The number of carbonyl (C=O) groups is 3. The standard InChI is InChI=1S/C25H23Cl2F3N2O5/c1-5-36-22(34)21-20(31-12-18(33)13-6-8-14(9-7-13)25(28,29)30)19-16(27)10-15(26)11-17(19)32(21)23(35)37-24(2,3)4/h6-11,31H,5,12H2,1-4H3. The zero-order chi connectivity index (χ0) is 27.7. The number of rotatable bonds is 6. The lowest BCUT2D eigenvalue weighted by atomic mass is 10.1. The van der Waals surface area contributed by atoms with E-state index in [9.17, 15) is 27.6 Å². The Kier molecular flexibility index (Phi) is 8.14. The van der Waals surface area contributed by atoms with Crippen LogP contribution in [0.5, 0.6) is 0 Å². The summed E-state index contributed by atoms with van der Waals surface area (Å²) in [6.45, 7) is 6.04. The molecule has 2 aromatic carbocycles. The average Bonchev–Trinajstić information content (AvgIpc) is 3.10. The number of hydrogen-bond donors (Lipinski definition) is 1. The fraction of sp³-hybridized carbons (Fsp3) is 0.320. The van der Waals surface area contributed by atoms with E-state index < -0.39 is 41.7 Å². The highest BCUT2D eigenvalue weighted by Gasteiger charge is 2.32. The summed E-state index contributed by atoms with van der Waals surface area (Å²) in [7, 11) is 0. The van der Waals surface area contributed by atoms with Crippen LogP contribution in [0.25, 0.3) is 10.9 Å². The van der Waals surface area contributed by atoms with Gasteiger partial charge in [0, 0.05) is 16.0 Å². The molecular formula is C25H23Cl2F3N2O5. The fourth-order valence-electron chi connectivity index (χ4n) is 3.51. The van der Waals surface area contributed by atoms with Crippen LogP contribution in [-0.2, 0) is 15.7 Å². The number of ether oxygens (including phenoxy) is 2. The number of aromatic nitrogens is 1. The number of nitrogens with zero attached hydrogens (tertiary/aromatic N) is 1. The van der Waals surface area contributed by atoms with Crippen molar-refractivity contribution in [2.24, 2.45) is 0 Å². The van der Waals surface area contributed by atoms with Gasteiger partial charge in [-0.1, -0.05) is 35.3 Å². The van der Waals surface area contributed by atoms with E-state index in [1.807, 2.05) is 0 Å². The van der Waals surface area contributed by atoms with Crippen molar-refractivity contribution in [2.45, 2.75) is 39.5 Å². The minimum atomic E-state index is -4.55. The maximum atomic E-state index is 13.2. The van der Waals surface area contributed by atoms with Crippen molar-refractivity contribution < 1.29 is 37.0 Å². The van der Waals surface area contributed by atoms with Crippen LogP contribution in [0.4, 0.5) is 23.7 Å². The molecule has 198 valence electrons. The molecule has 0 unspecified atom stereocenters. The number of esters is 1. The Morgan fingerprint density at radius 3 is 2.19 bits per heavy atom. The molecular weight excluding hydrogens is 536 g/mol. The number of nitrogens with one attached hydrogen (secondary N) is 1.